The normalized spacial score (nSPS) is 16.2. The number of piperazine rings is 1. The molecule has 0 atom stereocenters. The van der Waals surface area contributed by atoms with E-state index in [1.54, 1.807) is 0 Å². The number of rotatable bonds is 10. The number of benzene rings is 1. The lowest BCUT2D eigenvalue weighted by atomic mass is 10.1. The van der Waals surface area contributed by atoms with E-state index < -0.39 is 0 Å². The molecule has 0 radical (unpaired) electrons. The Morgan fingerprint density at radius 3 is 2.65 bits per heavy atom. The summed E-state index contributed by atoms with van der Waals surface area (Å²) in [6, 6.07) is 7.89. The molecule has 1 aliphatic heterocycles. The molecule has 0 unspecified atom stereocenters. The van der Waals surface area contributed by atoms with Gasteiger partial charge in [-0.3, -0.25) is 9.59 Å². The number of hydrogen-bond acceptors (Lipinski definition) is 7. The summed E-state index contributed by atoms with van der Waals surface area (Å²) in [5.74, 6) is 2.05. The third-order valence-electron chi connectivity index (χ3n) is 6.25. The molecule has 9 nitrogen and oxygen atoms in total. The van der Waals surface area contributed by atoms with Gasteiger partial charge >= 0.3 is 0 Å². The predicted octanol–water partition coefficient (Wildman–Crippen LogP) is 2.35. The van der Waals surface area contributed by atoms with Crippen molar-refractivity contribution in [3.05, 3.63) is 41.6 Å². The average molecular weight is 466 g/mol. The van der Waals surface area contributed by atoms with Crippen LogP contribution in [0.3, 0.4) is 0 Å². The second-order valence-electron chi connectivity index (χ2n) is 9.22. The minimum atomic E-state index is -0.0142. The largest absolute Gasteiger partial charge is 0.370 e. The first-order valence-electron chi connectivity index (χ1n) is 12.2. The molecule has 2 aliphatic rings. The van der Waals surface area contributed by atoms with Crippen molar-refractivity contribution in [2.24, 2.45) is 0 Å². The number of nitrogens with one attached hydrogen (secondary N) is 3. The molecule has 3 N–H and O–H groups in total. The first kappa shape index (κ1) is 23.9. The Bertz CT molecular complexity index is 1000. The van der Waals surface area contributed by atoms with Crippen molar-refractivity contribution in [1.29, 1.82) is 0 Å². The molecule has 9 heteroatoms. The SMILES string of the molecule is CC(=O)NCCCNc1nc(Nc2cccc(CC(=O)N3CCN(C)CC3)c2)ncc1C1CC1. The van der Waals surface area contributed by atoms with Crippen molar-refractivity contribution < 1.29 is 9.59 Å². The number of anilines is 3. The number of hydrogen-bond donors (Lipinski definition) is 3. The van der Waals surface area contributed by atoms with Crippen molar-refractivity contribution in [2.45, 2.75) is 38.5 Å². The number of nitrogens with zero attached hydrogens (tertiary/aromatic N) is 4. The zero-order chi connectivity index (χ0) is 23.9. The molecule has 182 valence electrons. The molecular formula is C25H35N7O2. The minimum absolute atomic E-state index is 0.0142. The fourth-order valence-corrected chi connectivity index (χ4v) is 4.08. The Balaban J connectivity index is 1.37. The molecule has 0 bridgehead atoms. The topological polar surface area (TPSA) is 102 Å². The van der Waals surface area contributed by atoms with Crippen LogP contribution in [-0.4, -0.2) is 77.9 Å². The molecular weight excluding hydrogens is 430 g/mol. The zero-order valence-corrected chi connectivity index (χ0v) is 20.1. The van der Waals surface area contributed by atoms with E-state index in [9.17, 15) is 9.59 Å². The highest BCUT2D eigenvalue weighted by Gasteiger charge is 2.27. The lowest BCUT2D eigenvalue weighted by Crippen LogP contribution is -2.47. The fraction of sp³-hybridized carbons (Fsp3) is 0.520. The summed E-state index contributed by atoms with van der Waals surface area (Å²) in [5.41, 5.74) is 2.98. The number of aromatic nitrogens is 2. The van der Waals surface area contributed by atoms with Crippen LogP contribution in [0.2, 0.25) is 0 Å². The van der Waals surface area contributed by atoms with Crippen LogP contribution in [0.5, 0.6) is 0 Å². The summed E-state index contributed by atoms with van der Waals surface area (Å²) >= 11 is 0. The molecule has 1 saturated heterocycles. The monoisotopic (exact) mass is 465 g/mol. The third kappa shape index (κ3) is 6.90. The molecule has 2 heterocycles. The van der Waals surface area contributed by atoms with Crippen LogP contribution in [-0.2, 0) is 16.0 Å². The van der Waals surface area contributed by atoms with E-state index in [1.807, 2.05) is 35.4 Å². The van der Waals surface area contributed by atoms with Crippen molar-refractivity contribution in [1.82, 2.24) is 25.1 Å². The van der Waals surface area contributed by atoms with Gasteiger partial charge in [0.2, 0.25) is 17.8 Å². The molecule has 1 aliphatic carbocycles. The van der Waals surface area contributed by atoms with Crippen LogP contribution >= 0.6 is 0 Å². The molecule has 2 fully saturated rings. The first-order valence-corrected chi connectivity index (χ1v) is 12.2. The zero-order valence-electron chi connectivity index (χ0n) is 20.1. The van der Waals surface area contributed by atoms with Gasteiger partial charge in [0, 0.05) is 63.6 Å². The fourth-order valence-electron chi connectivity index (χ4n) is 4.08. The van der Waals surface area contributed by atoms with Crippen molar-refractivity contribution in [3.8, 4) is 0 Å². The van der Waals surface area contributed by atoms with Gasteiger partial charge in [0.05, 0.1) is 6.42 Å². The maximum Gasteiger partial charge on any atom is 0.229 e. The standard InChI is InChI=1S/C25H35N7O2/c1-18(33)26-9-4-10-27-24-22(20-7-8-20)17-28-25(30-24)29-21-6-3-5-19(15-21)16-23(34)32-13-11-31(2)12-14-32/h3,5-6,15,17,20H,4,7-14,16H2,1-2H3,(H,26,33)(H2,27,28,29,30). The highest BCUT2D eigenvalue weighted by atomic mass is 16.2. The molecule has 4 rings (SSSR count). The summed E-state index contributed by atoms with van der Waals surface area (Å²) in [6.07, 6.45) is 5.45. The smallest absolute Gasteiger partial charge is 0.229 e. The molecule has 0 spiro atoms. The van der Waals surface area contributed by atoms with Gasteiger partial charge in [0.1, 0.15) is 5.82 Å². The van der Waals surface area contributed by atoms with Crippen LogP contribution in [0.25, 0.3) is 0 Å². The molecule has 1 aromatic heterocycles. The quantitative estimate of drug-likeness (QED) is 0.463. The number of likely N-dealkylation sites (N-methyl/N-ethyl adjacent to an activating group) is 1. The van der Waals surface area contributed by atoms with Crippen molar-refractivity contribution in [2.75, 3.05) is 56.9 Å². The molecule has 2 amide bonds. The van der Waals surface area contributed by atoms with Gasteiger partial charge in [0.25, 0.3) is 0 Å². The Morgan fingerprint density at radius 2 is 1.91 bits per heavy atom. The van der Waals surface area contributed by atoms with Gasteiger partial charge in [-0.2, -0.15) is 4.98 Å². The number of carbonyl (C=O) groups excluding carboxylic acids is 2. The van der Waals surface area contributed by atoms with E-state index >= 15 is 0 Å². The van der Waals surface area contributed by atoms with E-state index in [2.05, 4.69) is 32.9 Å². The third-order valence-corrected chi connectivity index (χ3v) is 6.25. The van der Waals surface area contributed by atoms with Crippen LogP contribution in [0.1, 0.15) is 43.2 Å². The number of carbonyl (C=O) groups is 2. The van der Waals surface area contributed by atoms with E-state index in [-0.39, 0.29) is 11.8 Å². The highest BCUT2D eigenvalue weighted by Crippen LogP contribution is 2.42. The number of amides is 2. The maximum atomic E-state index is 12.7. The van der Waals surface area contributed by atoms with Gasteiger partial charge in [-0.15, -0.1) is 0 Å². The van der Waals surface area contributed by atoms with Gasteiger partial charge in [-0.25, -0.2) is 4.98 Å². The van der Waals surface area contributed by atoms with Crippen molar-refractivity contribution in [3.63, 3.8) is 0 Å². The van der Waals surface area contributed by atoms with Crippen molar-refractivity contribution >= 4 is 29.3 Å². The first-order chi connectivity index (χ1) is 16.5. The highest BCUT2D eigenvalue weighted by molar-refractivity contribution is 5.79. The van der Waals surface area contributed by atoms with E-state index in [0.29, 0.717) is 24.8 Å². The summed E-state index contributed by atoms with van der Waals surface area (Å²) in [5, 5.41) is 9.52. The summed E-state index contributed by atoms with van der Waals surface area (Å²) in [7, 11) is 2.09. The average Bonchev–Trinajstić information content (AvgIpc) is 3.65. The van der Waals surface area contributed by atoms with E-state index in [0.717, 1.165) is 61.8 Å². The van der Waals surface area contributed by atoms with Crippen LogP contribution in [0.15, 0.2) is 30.5 Å². The van der Waals surface area contributed by atoms with Crippen LogP contribution < -0.4 is 16.0 Å². The summed E-state index contributed by atoms with van der Waals surface area (Å²) in [4.78, 5) is 37.2. The van der Waals surface area contributed by atoms with E-state index in [4.69, 9.17) is 4.98 Å². The molecule has 34 heavy (non-hydrogen) atoms. The maximum absolute atomic E-state index is 12.7. The predicted molar refractivity (Wildman–Crippen MR) is 133 cm³/mol. The minimum Gasteiger partial charge on any atom is -0.370 e. The Kier molecular flexibility index (Phi) is 7.95. The van der Waals surface area contributed by atoms with E-state index in [1.165, 1.54) is 19.8 Å². The molecule has 1 saturated carbocycles. The lowest BCUT2D eigenvalue weighted by molar-refractivity contribution is -0.132. The second-order valence-corrected chi connectivity index (χ2v) is 9.22. The Hall–Kier alpha value is -3.20. The second kappa shape index (κ2) is 11.3. The summed E-state index contributed by atoms with van der Waals surface area (Å²) in [6.45, 7) is 6.30. The summed E-state index contributed by atoms with van der Waals surface area (Å²) < 4.78 is 0. The molecule has 2 aromatic rings. The van der Waals surface area contributed by atoms with Gasteiger partial charge < -0.3 is 25.8 Å². The van der Waals surface area contributed by atoms with Gasteiger partial charge in [-0.05, 0) is 49.9 Å². The van der Waals surface area contributed by atoms with Crippen LogP contribution in [0.4, 0.5) is 17.5 Å². The van der Waals surface area contributed by atoms with Gasteiger partial charge in [-0.1, -0.05) is 12.1 Å². The Morgan fingerprint density at radius 1 is 1.12 bits per heavy atom. The molecule has 1 aromatic carbocycles. The van der Waals surface area contributed by atoms with Gasteiger partial charge in [0.15, 0.2) is 0 Å². The van der Waals surface area contributed by atoms with Crippen LogP contribution in [0, 0.1) is 0 Å². The lowest BCUT2D eigenvalue weighted by Gasteiger charge is -2.32. The Labute approximate surface area is 201 Å².